The Kier molecular flexibility index (Phi) is 5.54. The van der Waals surface area contributed by atoms with Gasteiger partial charge >= 0.3 is 0 Å². The summed E-state index contributed by atoms with van der Waals surface area (Å²) in [6.07, 6.45) is 7.39. The Hall–Kier alpha value is -1.84. The molecular weight excluding hydrogens is 300 g/mol. The zero-order chi connectivity index (χ0) is 16.9. The van der Waals surface area contributed by atoms with Gasteiger partial charge in [-0.15, -0.1) is 0 Å². The number of carbonyl (C=O) groups excluding carboxylic acids is 2. The standard InChI is InChI=1S/C20H28N2O2/c1-21(18-10-6-3-7-11-18)20(24)15-22-14-17(13-19(22)23)12-16-8-4-2-5-9-16/h2,4-5,8-9,17-18H,3,6-7,10-15H2,1H3/t17-/m1/s1. The van der Waals surface area contributed by atoms with Crippen LogP contribution in [0.15, 0.2) is 30.3 Å². The van der Waals surface area contributed by atoms with Gasteiger partial charge in [0.15, 0.2) is 0 Å². The molecule has 24 heavy (non-hydrogen) atoms. The van der Waals surface area contributed by atoms with Crippen molar-refractivity contribution < 1.29 is 9.59 Å². The molecule has 1 saturated carbocycles. The van der Waals surface area contributed by atoms with E-state index < -0.39 is 0 Å². The number of hydrogen-bond acceptors (Lipinski definition) is 2. The van der Waals surface area contributed by atoms with Crippen LogP contribution in [0.3, 0.4) is 0 Å². The van der Waals surface area contributed by atoms with Gasteiger partial charge in [-0.2, -0.15) is 0 Å². The van der Waals surface area contributed by atoms with Crippen LogP contribution >= 0.6 is 0 Å². The van der Waals surface area contributed by atoms with Gasteiger partial charge in [0.1, 0.15) is 0 Å². The molecule has 1 aliphatic carbocycles. The number of rotatable bonds is 5. The van der Waals surface area contributed by atoms with E-state index in [2.05, 4.69) is 12.1 Å². The Labute approximate surface area is 144 Å². The molecule has 3 rings (SSSR count). The highest BCUT2D eigenvalue weighted by molar-refractivity contribution is 5.86. The number of benzene rings is 1. The summed E-state index contributed by atoms with van der Waals surface area (Å²) < 4.78 is 0. The van der Waals surface area contributed by atoms with Crippen molar-refractivity contribution in [1.82, 2.24) is 9.80 Å². The number of likely N-dealkylation sites (N-methyl/N-ethyl adjacent to an activating group) is 1. The van der Waals surface area contributed by atoms with Gasteiger partial charge < -0.3 is 9.80 Å². The first-order valence-corrected chi connectivity index (χ1v) is 9.21. The SMILES string of the molecule is CN(C(=O)CN1C[C@H](Cc2ccccc2)CC1=O)C1CCCCC1. The molecule has 0 aromatic heterocycles. The van der Waals surface area contributed by atoms with Crippen LogP contribution in [-0.4, -0.2) is 47.8 Å². The van der Waals surface area contributed by atoms with Crippen molar-refractivity contribution in [1.29, 1.82) is 0 Å². The van der Waals surface area contributed by atoms with E-state index in [0.29, 0.717) is 24.9 Å². The fraction of sp³-hybridized carbons (Fsp3) is 0.600. The maximum Gasteiger partial charge on any atom is 0.242 e. The smallest absolute Gasteiger partial charge is 0.242 e. The molecule has 0 bridgehead atoms. The van der Waals surface area contributed by atoms with Crippen molar-refractivity contribution in [3.8, 4) is 0 Å². The van der Waals surface area contributed by atoms with Gasteiger partial charge in [0.2, 0.25) is 11.8 Å². The minimum absolute atomic E-state index is 0.0932. The van der Waals surface area contributed by atoms with Crippen LogP contribution in [0.4, 0.5) is 0 Å². The maximum absolute atomic E-state index is 12.5. The fourth-order valence-corrected chi connectivity index (χ4v) is 4.04. The summed E-state index contributed by atoms with van der Waals surface area (Å²) >= 11 is 0. The van der Waals surface area contributed by atoms with Crippen molar-refractivity contribution >= 4 is 11.8 Å². The van der Waals surface area contributed by atoms with Crippen LogP contribution in [0.2, 0.25) is 0 Å². The average Bonchev–Trinajstić information content (AvgIpc) is 2.95. The molecular formula is C20H28N2O2. The molecule has 0 radical (unpaired) electrons. The molecule has 0 spiro atoms. The Morgan fingerprint density at radius 2 is 1.88 bits per heavy atom. The summed E-state index contributed by atoms with van der Waals surface area (Å²) in [7, 11) is 1.90. The van der Waals surface area contributed by atoms with E-state index in [4.69, 9.17) is 0 Å². The molecule has 2 aliphatic rings. The average molecular weight is 328 g/mol. The van der Waals surface area contributed by atoms with Crippen molar-refractivity contribution in [2.75, 3.05) is 20.1 Å². The molecule has 1 aromatic carbocycles. The van der Waals surface area contributed by atoms with Crippen LogP contribution in [0.25, 0.3) is 0 Å². The van der Waals surface area contributed by atoms with Crippen molar-refractivity contribution in [3.63, 3.8) is 0 Å². The first-order chi connectivity index (χ1) is 11.6. The van der Waals surface area contributed by atoms with Crippen LogP contribution in [-0.2, 0) is 16.0 Å². The molecule has 1 aliphatic heterocycles. The Balaban J connectivity index is 1.51. The van der Waals surface area contributed by atoms with Crippen LogP contribution in [0.5, 0.6) is 0 Å². The van der Waals surface area contributed by atoms with E-state index in [-0.39, 0.29) is 18.4 Å². The zero-order valence-corrected chi connectivity index (χ0v) is 14.6. The highest BCUT2D eigenvalue weighted by Gasteiger charge is 2.32. The fourth-order valence-electron chi connectivity index (χ4n) is 4.04. The molecule has 2 fully saturated rings. The molecule has 1 saturated heterocycles. The Bertz CT molecular complexity index is 566. The van der Waals surface area contributed by atoms with Gasteiger partial charge in [-0.25, -0.2) is 0 Å². The second-order valence-electron chi connectivity index (χ2n) is 7.33. The Morgan fingerprint density at radius 3 is 2.58 bits per heavy atom. The first-order valence-electron chi connectivity index (χ1n) is 9.21. The predicted octanol–water partition coefficient (Wildman–Crippen LogP) is 2.87. The van der Waals surface area contributed by atoms with Crippen molar-refractivity contribution in [2.24, 2.45) is 5.92 Å². The largest absolute Gasteiger partial charge is 0.341 e. The monoisotopic (exact) mass is 328 g/mol. The lowest BCUT2D eigenvalue weighted by Gasteiger charge is -2.32. The minimum Gasteiger partial charge on any atom is -0.341 e. The molecule has 2 amide bonds. The summed E-state index contributed by atoms with van der Waals surface area (Å²) in [6, 6.07) is 10.7. The maximum atomic E-state index is 12.5. The lowest BCUT2D eigenvalue weighted by Crippen LogP contribution is -2.44. The molecule has 0 unspecified atom stereocenters. The highest BCUT2D eigenvalue weighted by Crippen LogP contribution is 2.24. The van der Waals surface area contributed by atoms with Gasteiger partial charge in [-0.05, 0) is 30.7 Å². The topological polar surface area (TPSA) is 40.6 Å². The lowest BCUT2D eigenvalue weighted by molar-refractivity contribution is -0.139. The predicted molar refractivity (Wildman–Crippen MR) is 94.5 cm³/mol. The number of carbonyl (C=O) groups is 2. The highest BCUT2D eigenvalue weighted by atomic mass is 16.2. The van der Waals surface area contributed by atoms with Gasteiger partial charge in [-0.3, -0.25) is 9.59 Å². The quantitative estimate of drug-likeness (QED) is 0.834. The Morgan fingerprint density at radius 1 is 1.17 bits per heavy atom. The van der Waals surface area contributed by atoms with E-state index in [0.717, 1.165) is 19.3 Å². The van der Waals surface area contributed by atoms with Gasteiger partial charge in [0.25, 0.3) is 0 Å². The number of hydrogen-bond donors (Lipinski definition) is 0. The zero-order valence-electron chi connectivity index (χ0n) is 14.6. The van der Waals surface area contributed by atoms with E-state index in [1.54, 1.807) is 4.90 Å². The van der Waals surface area contributed by atoms with Gasteiger partial charge in [0, 0.05) is 26.1 Å². The third kappa shape index (κ3) is 4.16. The summed E-state index contributed by atoms with van der Waals surface area (Å²) in [4.78, 5) is 28.5. The van der Waals surface area contributed by atoms with Crippen LogP contribution in [0, 0.1) is 5.92 Å². The molecule has 130 valence electrons. The molecule has 1 aromatic rings. The normalized spacial score (nSPS) is 22.0. The third-order valence-electron chi connectivity index (χ3n) is 5.50. The molecule has 4 heteroatoms. The lowest BCUT2D eigenvalue weighted by atomic mass is 9.94. The molecule has 1 atom stereocenters. The van der Waals surface area contributed by atoms with E-state index in [1.165, 1.54) is 24.8 Å². The minimum atomic E-state index is 0.0932. The van der Waals surface area contributed by atoms with Gasteiger partial charge in [-0.1, -0.05) is 49.6 Å². The summed E-state index contributed by atoms with van der Waals surface area (Å²) in [5.74, 6) is 0.546. The molecule has 4 nitrogen and oxygen atoms in total. The van der Waals surface area contributed by atoms with Crippen LogP contribution < -0.4 is 0 Å². The van der Waals surface area contributed by atoms with Crippen molar-refractivity contribution in [2.45, 2.75) is 51.0 Å². The second kappa shape index (κ2) is 7.82. The van der Waals surface area contributed by atoms with Crippen molar-refractivity contribution in [3.05, 3.63) is 35.9 Å². The second-order valence-corrected chi connectivity index (χ2v) is 7.33. The number of amides is 2. The number of likely N-dealkylation sites (tertiary alicyclic amines) is 1. The van der Waals surface area contributed by atoms with E-state index in [9.17, 15) is 9.59 Å². The summed E-state index contributed by atoms with van der Waals surface area (Å²) in [6.45, 7) is 0.953. The summed E-state index contributed by atoms with van der Waals surface area (Å²) in [5.41, 5.74) is 1.27. The number of nitrogens with zero attached hydrogens (tertiary/aromatic N) is 2. The molecule has 0 N–H and O–H groups in total. The van der Waals surface area contributed by atoms with E-state index >= 15 is 0 Å². The van der Waals surface area contributed by atoms with E-state index in [1.807, 2.05) is 30.1 Å². The molecule has 1 heterocycles. The van der Waals surface area contributed by atoms with Crippen LogP contribution in [0.1, 0.15) is 44.1 Å². The summed E-state index contributed by atoms with van der Waals surface area (Å²) in [5, 5.41) is 0. The third-order valence-corrected chi connectivity index (χ3v) is 5.50. The first kappa shape index (κ1) is 17.0. The van der Waals surface area contributed by atoms with Gasteiger partial charge in [0.05, 0.1) is 6.54 Å².